The van der Waals surface area contributed by atoms with Crippen molar-refractivity contribution in [3.63, 3.8) is 0 Å². The van der Waals surface area contributed by atoms with Gasteiger partial charge in [-0.05, 0) is 62.8 Å². The lowest BCUT2D eigenvalue weighted by molar-refractivity contribution is -0.657. The van der Waals surface area contributed by atoms with Crippen molar-refractivity contribution in [1.82, 2.24) is 4.57 Å². The minimum absolute atomic E-state index is 0. The Morgan fingerprint density at radius 3 is 1.87 bits per heavy atom. The molecule has 10 heteroatoms. The van der Waals surface area contributed by atoms with Crippen molar-refractivity contribution in [1.29, 1.82) is 0 Å². The predicted molar refractivity (Wildman–Crippen MR) is 113 cm³/mol. The van der Waals surface area contributed by atoms with E-state index in [1.165, 1.54) is 44.2 Å². The van der Waals surface area contributed by atoms with Gasteiger partial charge in [0, 0.05) is 23.9 Å². The SMILES string of the molecule is Cn1cc[n+](C)c1N=Nc1ccc(N(CCCCC[NH3+])CCCCC[NH3+])cc1.[Cl-].[Cl-].[I-]. The third kappa shape index (κ3) is 11.5. The van der Waals surface area contributed by atoms with E-state index in [1.807, 2.05) is 35.6 Å². The maximum Gasteiger partial charge on any atom is 0.421 e. The third-order valence-electron chi connectivity index (χ3n) is 4.97. The number of aryl methyl sites for hydroxylation is 2. The van der Waals surface area contributed by atoms with Crippen molar-refractivity contribution in [2.24, 2.45) is 24.3 Å². The van der Waals surface area contributed by atoms with Crippen LogP contribution in [0, 0.1) is 0 Å². The lowest BCUT2D eigenvalue weighted by Gasteiger charge is -2.25. The average Bonchev–Trinajstić information content (AvgIpc) is 3.03. The monoisotopic (exact) mass is 585 g/mol. The number of benzene rings is 1. The molecule has 0 atom stereocenters. The molecule has 1 aromatic heterocycles. The predicted octanol–water partition coefficient (Wildman–Crippen LogP) is -7.09. The first-order valence-corrected chi connectivity index (χ1v) is 10.5. The Morgan fingerprint density at radius 2 is 1.42 bits per heavy atom. The summed E-state index contributed by atoms with van der Waals surface area (Å²) in [7, 11) is 3.94. The maximum absolute atomic E-state index is 4.39. The average molecular weight is 586 g/mol. The largest absolute Gasteiger partial charge is 1.00 e. The highest BCUT2D eigenvalue weighted by Crippen LogP contribution is 2.22. The minimum Gasteiger partial charge on any atom is -1.00 e. The molecular formula is C21H38Cl2IN7. The summed E-state index contributed by atoms with van der Waals surface area (Å²) >= 11 is 0. The van der Waals surface area contributed by atoms with E-state index in [2.05, 4.69) is 50.9 Å². The summed E-state index contributed by atoms with van der Waals surface area (Å²) in [5, 5.41) is 8.77. The molecular weight excluding hydrogens is 548 g/mol. The lowest BCUT2D eigenvalue weighted by Crippen LogP contribution is -3.00. The molecule has 31 heavy (non-hydrogen) atoms. The van der Waals surface area contributed by atoms with Crippen molar-refractivity contribution in [3.8, 4) is 0 Å². The van der Waals surface area contributed by atoms with Crippen molar-refractivity contribution in [2.45, 2.75) is 38.5 Å². The van der Waals surface area contributed by atoms with Gasteiger partial charge in [-0.3, -0.25) is 0 Å². The van der Waals surface area contributed by atoms with E-state index >= 15 is 0 Å². The molecule has 1 heterocycles. The van der Waals surface area contributed by atoms with E-state index in [1.54, 1.807) is 0 Å². The van der Waals surface area contributed by atoms with Crippen LogP contribution in [0.4, 0.5) is 17.3 Å². The van der Waals surface area contributed by atoms with Crippen molar-refractivity contribution < 1.29 is 64.8 Å². The number of halogens is 3. The Kier molecular flexibility index (Phi) is 19.4. The molecule has 2 aromatic rings. The number of anilines is 1. The number of quaternary nitrogens is 2. The minimum atomic E-state index is 0. The Morgan fingerprint density at radius 1 is 0.871 bits per heavy atom. The van der Waals surface area contributed by atoms with Gasteiger partial charge in [-0.2, -0.15) is 0 Å². The summed E-state index contributed by atoms with van der Waals surface area (Å²) in [4.78, 5) is 2.50. The van der Waals surface area contributed by atoms with Crippen LogP contribution in [0.25, 0.3) is 0 Å². The zero-order chi connectivity index (χ0) is 20.2. The highest BCUT2D eigenvalue weighted by Gasteiger charge is 2.11. The summed E-state index contributed by atoms with van der Waals surface area (Å²) in [6.45, 7) is 4.26. The highest BCUT2D eigenvalue weighted by atomic mass is 127. The molecule has 0 aliphatic rings. The molecule has 0 amide bonds. The Labute approximate surface area is 216 Å². The quantitative estimate of drug-likeness (QED) is 0.104. The Bertz CT molecular complexity index is 692. The number of nitrogens with zero attached hydrogens (tertiary/aromatic N) is 5. The molecule has 0 aliphatic heterocycles. The molecule has 178 valence electrons. The van der Waals surface area contributed by atoms with E-state index < -0.39 is 0 Å². The van der Waals surface area contributed by atoms with E-state index in [0.29, 0.717) is 0 Å². The molecule has 0 aliphatic carbocycles. The molecule has 6 N–H and O–H groups in total. The van der Waals surface area contributed by atoms with E-state index in [4.69, 9.17) is 0 Å². The van der Waals surface area contributed by atoms with Crippen LogP contribution in [0.15, 0.2) is 46.9 Å². The van der Waals surface area contributed by atoms with Crippen LogP contribution in [0.1, 0.15) is 38.5 Å². The molecule has 0 saturated heterocycles. The molecule has 7 nitrogen and oxygen atoms in total. The smallest absolute Gasteiger partial charge is 0.421 e. The number of azo groups is 1. The standard InChI is InChI=1S/C21H36N7.2ClH.HI/c1-26-17-18-27(2)21(26)25-24-19-9-11-20(12-10-19)28(15-7-3-5-13-22)16-8-4-6-14-23;;;/h9-12,17-18H,3-8,13-16,22-23H2,1-2H3;3*1H/q+1;;;/p-1. The summed E-state index contributed by atoms with van der Waals surface area (Å²) in [6, 6.07) is 8.45. The number of aromatic nitrogens is 2. The molecule has 0 spiro atoms. The summed E-state index contributed by atoms with van der Waals surface area (Å²) < 4.78 is 3.91. The fourth-order valence-electron chi connectivity index (χ4n) is 3.24. The van der Waals surface area contributed by atoms with Gasteiger partial charge in [-0.25, -0.2) is 9.13 Å². The number of hydrogen-bond acceptors (Lipinski definition) is 3. The second kappa shape index (κ2) is 18.6. The van der Waals surface area contributed by atoms with Gasteiger partial charge in [-0.1, -0.05) is 5.11 Å². The van der Waals surface area contributed by atoms with Crippen LogP contribution < -0.4 is 69.7 Å². The van der Waals surface area contributed by atoms with Gasteiger partial charge in [0.1, 0.15) is 5.69 Å². The fraction of sp³-hybridized carbons (Fsp3) is 0.571. The van der Waals surface area contributed by atoms with Crippen LogP contribution in [0.2, 0.25) is 0 Å². The lowest BCUT2D eigenvalue weighted by atomic mass is 10.1. The normalized spacial score (nSPS) is 10.3. The first kappa shape index (κ1) is 32.2. The van der Waals surface area contributed by atoms with Crippen molar-refractivity contribution in [2.75, 3.05) is 31.1 Å². The molecule has 0 radical (unpaired) electrons. The number of imidazole rings is 1. The third-order valence-corrected chi connectivity index (χ3v) is 4.97. The number of hydrogen-bond donors (Lipinski definition) is 2. The van der Waals surface area contributed by atoms with Crippen molar-refractivity contribution >= 4 is 17.3 Å². The van der Waals surface area contributed by atoms with Gasteiger partial charge in [0.25, 0.3) is 0 Å². The van der Waals surface area contributed by atoms with Crippen LogP contribution in [0.5, 0.6) is 0 Å². The first-order valence-electron chi connectivity index (χ1n) is 10.5. The molecule has 0 bridgehead atoms. The molecule has 1 aromatic carbocycles. The zero-order valence-electron chi connectivity index (χ0n) is 18.8. The van der Waals surface area contributed by atoms with Crippen LogP contribution in [-0.2, 0) is 14.1 Å². The van der Waals surface area contributed by atoms with Crippen molar-refractivity contribution in [3.05, 3.63) is 36.7 Å². The van der Waals surface area contributed by atoms with Gasteiger partial charge in [0.15, 0.2) is 0 Å². The fourth-order valence-corrected chi connectivity index (χ4v) is 3.24. The Hall–Kier alpha value is -0.940. The zero-order valence-corrected chi connectivity index (χ0v) is 22.5. The van der Waals surface area contributed by atoms with Crippen LogP contribution in [0.3, 0.4) is 0 Å². The van der Waals surface area contributed by atoms with Gasteiger partial charge in [0.2, 0.25) is 0 Å². The van der Waals surface area contributed by atoms with Crippen LogP contribution >= 0.6 is 0 Å². The van der Waals surface area contributed by atoms with E-state index in [0.717, 1.165) is 37.8 Å². The topological polar surface area (TPSA) is 92.0 Å². The van der Waals surface area contributed by atoms with Gasteiger partial charge in [0.05, 0.1) is 39.6 Å². The van der Waals surface area contributed by atoms with Crippen LogP contribution in [-0.4, -0.2) is 30.7 Å². The van der Waals surface area contributed by atoms with Gasteiger partial charge >= 0.3 is 5.95 Å². The molecule has 0 fully saturated rings. The van der Waals surface area contributed by atoms with Gasteiger partial charge < -0.3 is 65.2 Å². The van der Waals surface area contributed by atoms with E-state index in [-0.39, 0.29) is 48.8 Å². The highest BCUT2D eigenvalue weighted by molar-refractivity contribution is 5.52. The molecule has 0 saturated carbocycles. The summed E-state index contributed by atoms with van der Waals surface area (Å²) in [5.41, 5.74) is 10.0. The number of rotatable bonds is 13. The van der Waals surface area contributed by atoms with Gasteiger partial charge in [-0.15, -0.1) is 0 Å². The Balaban J connectivity index is 0. The molecule has 0 unspecified atom stereocenters. The summed E-state index contributed by atoms with van der Waals surface area (Å²) in [6.07, 6.45) is 11.3. The maximum atomic E-state index is 4.39. The first-order chi connectivity index (χ1) is 13.7. The summed E-state index contributed by atoms with van der Waals surface area (Å²) in [5.74, 6) is 0.821. The molecule has 2 rings (SSSR count). The van der Waals surface area contributed by atoms with E-state index in [9.17, 15) is 0 Å². The number of unbranched alkanes of at least 4 members (excludes halogenated alkanes) is 4. The second-order valence-electron chi connectivity index (χ2n) is 7.35. The second-order valence-corrected chi connectivity index (χ2v) is 7.35.